The molecule has 0 saturated carbocycles. The summed E-state index contributed by atoms with van der Waals surface area (Å²) in [6, 6.07) is 8.43. The van der Waals surface area contributed by atoms with Gasteiger partial charge >= 0.3 is 0 Å². The molecule has 1 aliphatic heterocycles. The van der Waals surface area contributed by atoms with Crippen LogP contribution in [-0.2, 0) is 22.6 Å². The fourth-order valence-corrected chi connectivity index (χ4v) is 3.16. The number of nitrogens with zero attached hydrogens (tertiary/aromatic N) is 2. The van der Waals surface area contributed by atoms with Gasteiger partial charge in [-0.25, -0.2) is 4.99 Å². The van der Waals surface area contributed by atoms with Crippen molar-refractivity contribution in [3.63, 3.8) is 0 Å². The molecule has 2 rings (SSSR count). The molecule has 148 valence electrons. The molecule has 0 aromatic heterocycles. The maximum absolute atomic E-state index is 5.72. The first-order valence-corrected chi connectivity index (χ1v) is 9.45. The summed E-state index contributed by atoms with van der Waals surface area (Å²) in [6.45, 7) is 10.2. The zero-order valence-corrected chi connectivity index (χ0v) is 18.7. The highest BCUT2D eigenvalue weighted by Gasteiger charge is 2.24. The van der Waals surface area contributed by atoms with E-state index in [4.69, 9.17) is 14.5 Å². The van der Waals surface area contributed by atoms with Crippen LogP contribution in [0, 0.1) is 5.92 Å². The minimum Gasteiger partial charge on any atom is -0.384 e. The van der Waals surface area contributed by atoms with Crippen LogP contribution < -0.4 is 5.32 Å². The van der Waals surface area contributed by atoms with E-state index in [9.17, 15) is 0 Å². The Hall–Kier alpha value is -0.860. The highest BCUT2D eigenvalue weighted by molar-refractivity contribution is 14.0. The van der Waals surface area contributed by atoms with Crippen LogP contribution in [0.1, 0.15) is 37.8 Å². The van der Waals surface area contributed by atoms with Crippen molar-refractivity contribution >= 4 is 29.9 Å². The molecule has 0 aliphatic carbocycles. The third-order valence-electron chi connectivity index (χ3n) is 4.45. The third-order valence-corrected chi connectivity index (χ3v) is 4.45. The van der Waals surface area contributed by atoms with Gasteiger partial charge in [0.05, 0.1) is 19.8 Å². The predicted molar refractivity (Wildman–Crippen MR) is 118 cm³/mol. The Labute approximate surface area is 175 Å². The van der Waals surface area contributed by atoms with E-state index in [2.05, 4.69) is 48.3 Å². The molecule has 1 saturated heterocycles. The van der Waals surface area contributed by atoms with Gasteiger partial charge in [0.25, 0.3) is 0 Å². The summed E-state index contributed by atoms with van der Waals surface area (Å²) in [4.78, 5) is 7.23. The lowest BCUT2D eigenvalue weighted by Crippen LogP contribution is -2.40. The molecule has 1 N–H and O–H groups in total. The van der Waals surface area contributed by atoms with Crippen molar-refractivity contribution in [2.24, 2.45) is 10.9 Å². The molecule has 1 aliphatic rings. The molecular weight excluding hydrogens is 441 g/mol. The van der Waals surface area contributed by atoms with Crippen LogP contribution in [0.4, 0.5) is 0 Å². The van der Waals surface area contributed by atoms with Gasteiger partial charge in [-0.3, -0.25) is 0 Å². The van der Waals surface area contributed by atoms with E-state index in [0.29, 0.717) is 19.1 Å². The van der Waals surface area contributed by atoms with Gasteiger partial charge in [0, 0.05) is 39.3 Å². The molecule has 0 amide bonds. The van der Waals surface area contributed by atoms with Gasteiger partial charge < -0.3 is 19.7 Å². The number of hydrogen-bond acceptors (Lipinski definition) is 3. The van der Waals surface area contributed by atoms with Crippen molar-refractivity contribution < 1.29 is 9.47 Å². The lowest BCUT2D eigenvalue weighted by atomic mass is 10.1. The van der Waals surface area contributed by atoms with Crippen molar-refractivity contribution in [1.82, 2.24) is 10.2 Å². The zero-order chi connectivity index (χ0) is 17.9. The Bertz CT molecular complexity index is 540. The lowest BCUT2D eigenvalue weighted by Gasteiger charge is -2.22. The molecule has 1 atom stereocenters. The van der Waals surface area contributed by atoms with Crippen LogP contribution in [0.3, 0.4) is 0 Å². The molecule has 0 spiro atoms. The van der Waals surface area contributed by atoms with Gasteiger partial charge in [-0.1, -0.05) is 31.2 Å². The van der Waals surface area contributed by atoms with Crippen molar-refractivity contribution in [2.45, 2.75) is 39.8 Å². The summed E-state index contributed by atoms with van der Waals surface area (Å²) in [7, 11) is 1.78. The number of ether oxygens (including phenoxy) is 2. The number of halogens is 1. The first kappa shape index (κ1) is 23.2. The van der Waals surface area contributed by atoms with E-state index in [1.807, 2.05) is 0 Å². The third kappa shape index (κ3) is 7.40. The van der Waals surface area contributed by atoms with Crippen LogP contribution in [0.2, 0.25) is 0 Å². The Kier molecular flexibility index (Phi) is 11.9. The monoisotopic (exact) mass is 475 g/mol. The van der Waals surface area contributed by atoms with Crippen molar-refractivity contribution in [3.05, 3.63) is 35.4 Å². The summed E-state index contributed by atoms with van der Waals surface area (Å²) in [5, 5.41) is 3.43. The lowest BCUT2D eigenvalue weighted by molar-refractivity contribution is 0.121. The molecule has 1 aromatic carbocycles. The van der Waals surface area contributed by atoms with Crippen LogP contribution in [0.25, 0.3) is 0 Å². The second-order valence-corrected chi connectivity index (χ2v) is 6.55. The van der Waals surface area contributed by atoms with E-state index in [1.165, 1.54) is 17.5 Å². The topological polar surface area (TPSA) is 46.1 Å². The van der Waals surface area contributed by atoms with Crippen LogP contribution >= 0.6 is 24.0 Å². The average molecular weight is 475 g/mol. The van der Waals surface area contributed by atoms with E-state index in [0.717, 1.165) is 45.2 Å². The molecule has 6 heteroatoms. The second kappa shape index (κ2) is 13.3. The molecular formula is C20H34IN3O2. The predicted octanol–water partition coefficient (Wildman–Crippen LogP) is 3.67. The van der Waals surface area contributed by atoms with Gasteiger partial charge in [0.1, 0.15) is 0 Å². The minimum atomic E-state index is 0. The van der Waals surface area contributed by atoms with Gasteiger partial charge in [-0.2, -0.15) is 0 Å². The molecule has 0 radical (unpaired) electrons. The maximum Gasteiger partial charge on any atom is 0.194 e. The average Bonchev–Trinajstić information content (AvgIpc) is 3.09. The Morgan fingerprint density at radius 3 is 2.73 bits per heavy atom. The SMILES string of the molecule is CCCOCc1ccccc1CN=C(NCC)N1CCC(COC)C1.I. The summed E-state index contributed by atoms with van der Waals surface area (Å²) >= 11 is 0. The first-order valence-electron chi connectivity index (χ1n) is 9.45. The Morgan fingerprint density at radius 2 is 2.04 bits per heavy atom. The van der Waals surface area contributed by atoms with Crippen LogP contribution in [0.15, 0.2) is 29.3 Å². The molecule has 5 nitrogen and oxygen atoms in total. The Balaban J connectivity index is 0.00000338. The van der Waals surface area contributed by atoms with Crippen LogP contribution in [-0.4, -0.2) is 50.8 Å². The van der Waals surface area contributed by atoms with Crippen molar-refractivity contribution in [1.29, 1.82) is 0 Å². The minimum absolute atomic E-state index is 0. The van der Waals surface area contributed by atoms with E-state index >= 15 is 0 Å². The van der Waals surface area contributed by atoms with Gasteiger partial charge in [0.15, 0.2) is 5.96 Å². The number of hydrogen-bond donors (Lipinski definition) is 1. The van der Waals surface area contributed by atoms with Crippen molar-refractivity contribution in [3.8, 4) is 0 Å². The number of likely N-dealkylation sites (tertiary alicyclic amines) is 1. The Morgan fingerprint density at radius 1 is 1.27 bits per heavy atom. The van der Waals surface area contributed by atoms with E-state index < -0.39 is 0 Å². The highest BCUT2D eigenvalue weighted by atomic mass is 127. The number of aliphatic imine (C=N–C) groups is 1. The fraction of sp³-hybridized carbons (Fsp3) is 0.650. The zero-order valence-electron chi connectivity index (χ0n) is 16.4. The number of benzene rings is 1. The van der Waals surface area contributed by atoms with E-state index in [-0.39, 0.29) is 24.0 Å². The van der Waals surface area contributed by atoms with Crippen molar-refractivity contribution in [2.75, 3.05) is 40.0 Å². The van der Waals surface area contributed by atoms with Gasteiger partial charge in [0.2, 0.25) is 0 Å². The highest BCUT2D eigenvalue weighted by Crippen LogP contribution is 2.17. The van der Waals surface area contributed by atoms with Gasteiger partial charge in [-0.05, 0) is 30.9 Å². The molecule has 1 aromatic rings. The molecule has 26 heavy (non-hydrogen) atoms. The quantitative estimate of drug-likeness (QED) is 0.256. The summed E-state index contributed by atoms with van der Waals surface area (Å²) in [5.74, 6) is 1.61. The molecule has 1 unspecified atom stereocenters. The van der Waals surface area contributed by atoms with E-state index in [1.54, 1.807) is 7.11 Å². The number of rotatable bonds is 9. The second-order valence-electron chi connectivity index (χ2n) is 6.55. The number of methoxy groups -OCH3 is 1. The number of nitrogens with one attached hydrogen (secondary N) is 1. The number of guanidine groups is 1. The largest absolute Gasteiger partial charge is 0.384 e. The molecule has 1 heterocycles. The van der Waals surface area contributed by atoms with Crippen LogP contribution in [0.5, 0.6) is 0 Å². The maximum atomic E-state index is 5.72. The smallest absolute Gasteiger partial charge is 0.194 e. The van der Waals surface area contributed by atoms with Gasteiger partial charge in [-0.15, -0.1) is 24.0 Å². The fourth-order valence-electron chi connectivity index (χ4n) is 3.16. The summed E-state index contributed by atoms with van der Waals surface area (Å²) in [6.07, 6.45) is 2.21. The first-order chi connectivity index (χ1) is 12.3. The molecule has 0 bridgehead atoms. The summed E-state index contributed by atoms with van der Waals surface area (Å²) < 4.78 is 11.0. The normalized spacial score (nSPS) is 17.3. The standard InChI is InChI=1S/C20H33N3O2.HI/c1-4-12-25-16-19-9-7-6-8-18(19)13-22-20(21-5-2)23-11-10-17(14-23)15-24-3;/h6-9,17H,4-5,10-16H2,1-3H3,(H,21,22);1H. The molecule has 1 fully saturated rings. The summed E-state index contributed by atoms with van der Waals surface area (Å²) in [5.41, 5.74) is 2.47.